The number of aryl methyl sites for hydroxylation is 1. The topological polar surface area (TPSA) is 31.4 Å². The molecule has 0 spiro atoms. The summed E-state index contributed by atoms with van der Waals surface area (Å²) in [6.07, 6.45) is 2.73. The molecule has 0 unspecified atom stereocenters. The Labute approximate surface area is 91.4 Å². The predicted octanol–water partition coefficient (Wildman–Crippen LogP) is 2.40. The van der Waals surface area contributed by atoms with E-state index < -0.39 is 0 Å². The normalized spacial score (nSPS) is 12.5. The van der Waals surface area contributed by atoms with E-state index in [9.17, 15) is 0 Å². The number of hydrogen-bond donors (Lipinski definition) is 0. The molecule has 15 heavy (non-hydrogen) atoms. The van der Waals surface area contributed by atoms with E-state index in [-0.39, 0.29) is 0 Å². The van der Waals surface area contributed by atoms with Gasteiger partial charge < -0.3 is 9.47 Å². The van der Waals surface area contributed by atoms with Gasteiger partial charge in [0.15, 0.2) is 0 Å². The van der Waals surface area contributed by atoms with Gasteiger partial charge in [0.2, 0.25) is 0 Å². The molecular weight excluding hydrogens is 190 g/mol. The molecule has 0 bridgehead atoms. The Morgan fingerprint density at radius 1 is 1.40 bits per heavy atom. The summed E-state index contributed by atoms with van der Waals surface area (Å²) >= 11 is 0. The Bertz CT molecular complexity index is 312. The molecule has 3 nitrogen and oxygen atoms in total. The largest absolute Gasteiger partial charge is 0.495 e. The molecule has 0 aliphatic heterocycles. The first kappa shape index (κ1) is 12.0. The quantitative estimate of drug-likeness (QED) is 0.746. The lowest BCUT2D eigenvalue weighted by atomic mass is 10.0. The standard InChI is InChI=1S/C12H19NO2/c1-5-10-6-11(9(2)8-14-3)12(15-4)7-13-10/h6-7,9H,5,8H2,1-4H3/t9-/m0/s1. The number of nitrogens with zero attached hydrogens (tertiary/aromatic N) is 1. The molecule has 0 aliphatic rings. The van der Waals surface area contributed by atoms with E-state index in [0.29, 0.717) is 12.5 Å². The highest BCUT2D eigenvalue weighted by Gasteiger charge is 2.12. The smallest absolute Gasteiger partial charge is 0.140 e. The van der Waals surface area contributed by atoms with Crippen molar-refractivity contribution >= 4 is 0 Å². The summed E-state index contributed by atoms with van der Waals surface area (Å²) in [7, 11) is 3.39. The molecule has 3 heteroatoms. The molecular formula is C12H19NO2. The highest BCUT2D eigenvalue weighted by atomic mass is 16.5. The molecule has 0 saturated heterocycles. The van der Waals surface area contributed by atoms with Gasteiger partial charge in [-0.05, 0) is 12.5 Å². The molecule has 1 heterocycles. The van der Waals surface area contributed by atoms with E-state index in [1.807, 2.05) is 0 Å². The molecule has 0 saturated carbocycles. The number of hydrogen-bond acceptors (Lipinski definition) is 3. The maximum Gasteiger partial charge on any atom is 0.140 e. The van der Waals surface area contributed by atoms with Gasteiger partial charge in [-0.1, -0.05) is 13.8 Å². The Morgan fingerprint density at radius 3 is 2.67 bits per heavy atom. The Balaban J connectivity index is 3.00. The zero-order valence-corrected chi connectivity index (χ0v) is 9.91. The monoisotopic (exact) mass is 209 g/mol. The van der Waals surface area contributed by atoms with Gasteiger partial charge in [0.05, 0.1) is 19.9 Å². The van der Waals surface area contributed by atoms with Crippen LogP contribution in [0.4, 0.5) is 0 Å². The van der Waals surface area contributed by atoms with Crippen LogP contribution >= 0.6 is 0 Å². The van der Waals surface area contributed by atoms with Crippen LogP contribution in [0.25, 0.3) is 0 Å². The van der Waals surface area contributed by atoms with Gasteiger partial charge in [-0.2, -0.15) is 0 Å². The molecule has 0 aliphatic carbocycles. The number of methoxy groups -OCH3 is 2. The lowest BCUT2D eigenvalue weighted by molar-refractivity contribution is 0.183. The Hall–Kier alpha value is -1.09. The SMILES string of the molecule is CCc1cc([C@@H](C)COC)c(OC)cn1. The third-order valence-electron chi connectivity index (χ3n) is 2.48. The van der Waals surface area contributed by atoms with Crippen LogP contribution < -0.4 is 4.74 Å². The molecule has 84 valence electrons. The van der Waals surface area contributed by atoms with E-state index >= 15 is 0 Å². The van der Waals surface area contributed by atoms with Gasteiger partial charge in [0, 0.05) is 24.3 Å². The van der Waals surface area contributed by atoms with Crippen molar-refractivity contribution < 1.29 is 9.47 Å². The van der Waals surface area contributed by atoms with Gasteiger partial charge in [-0.3, -0.25) is 4.98 Å². The van der Waals surface area contributed by atoms with Gasteiger partial charge in [0.1, 0.15) is 5.75 Å². The van der Waals surface area contributed by atoms with Crippen LogP contribution in [0.15, 0.2) is 12.3 Å². The van der Waals surface area contributed by atoms with E-state index in [1.54, 1.807) is 20.4 Å². The van der Waals surface area contributed by atoms with Crippen molar-refractivity contribution in [2.24, 2.45) is 0 Å². The fourth-order valence-electron chi connectivity index (χ4n) is 1.59. The predicted molar refractivity (Wildman–Crippen MR) is 60.5 cm³/mol. The molecule has 0 fully saturated rings. The van der Waals surface area contributed by atoms with Gasteiger partial charge in [-0.15, -0.1) is 0 Å². The van der Waals surface area contributed by atoms with Crippen molar-refractivity contribution in [1.29, 1.82) is 0 Å². The molecule has 0 aromatic carbocycles. The summed E-state index contributed by atoms with van der Waals surface area (Å²) in [5, 5.41) is 0. The third kappa shape index (κ3) is 2.93. The second-order valence-electron chi connectivity index (χ2n) is 3.63. The first-order valence-corrected chi connectivity index (χ1v) is 5.24. The summed E-state index contributed by atoms with van der Waals surface area (Å²) < 4.78 is 10.4. The second-order valence-corrected chi connectivity index (χ2v) is 3.63. The van der Waals surface area contributed by atoms with Crippen molar-refractivity contribution in [1.82, 2.24) is 4.98 Å². The minimum absolute atomic E-state index is 0.332. The maximum atomic E-state index is 5.29. The summed E-state index contributed by atoms with van der Waals surface area (Å²) in [4.78, 5) is 4.31. The molecule has 0 amide bonds. The van der Waals surface area contributed by atoms with Crippen molar-refractivity contribution in [2.75, 3.05) is 20.8 Å². The van der Waals surface area contributed by atoms with Gasteiger partial charge in [0.25, 0.3) is 0 Å². The summed E-state index contributed by atoms with van der Waals surface area (Å²) in [6.45, 7) is 4.92. The number of aromatic nitrogens is 1. The first-order valence-electron chi connectivity index (χ1n) is 5.24. The summed E-state index contributed by atoms with van der Waals surface area (Å²) in [5.41, 5.74) is 2.26. The fourth-order valence-corrected chi connectivity index (χ4v) is 1.59. The van der Waals surface area contributed by atoms with Crippen LogP contribution in [-0.2, 0) is 11.2 Å². The van der Waals surface area contributed by atoms with Crippen molar-refractivity contribution in [2.45, 2.75) is 26.2 Å². The Morgan fingerprint density at radius 2 is 2.13 bits per heavy atom. The lowest BCUT2D eigenvalue weighted by Crippen LogP contribution is -2.05. The minimum atomic E-state index is 0.332. The summed E-state index contributed by atoms with van der Waals surface area (Å²) in [5.74, 6) is 1.18. The van der Waals surface area contributed by atoms with Crippen LogP contribution in [0.3, 0.4) is 0 Å². The second kappa shape index (κ2) is 5.71. The van der Waals surface area contributed by atoms with E-state index in [2.05, 4.69) is 24.9 Å². The summed E-state index contributed by atoms with van der Waals surface area (Å²) in [6, 6.07) is 2.10. The molecule has 1 atom stereocenters. The number of rotatable bonds is 5. The van der Waals surface area contributed by atoms with Crippen molar-refractivity contribution in [3.05, 3.63) is 23.5 Å². The average Bonchev–Trinajstić information content (AvgIpc) is 2.28. The zero-order valence-electron chi connectivity index (χ0n) is 9.91. The minimum Gasteiger partial charge on any atom is -0.495 e. The molecule has 0 N–H and O–H groups in total. The highest BCUT2D eigenvalue weighted by molar-refractivity contribution is 5.35. The third-order valence-corrected chi connectivity index (χ3v) is 2.48. The first-order chi connectivity index (χ1) is 7.22. The maximum absolute atomic E-state index is 5.29. The van der Waals surface area contributed by atoms with Crippen LogP contribution in [0.1, 0.15) is 31.0 Å². The van der Waals surface area contributed by atoms with E-state index in [4.69, 9.17) is 9.47 Å². The zero-order chi connectivity index (χ0) is 11.3. The average molecular weight is 209 g/mol. The van der Waals surface area contributed by atoms with E-state index in [0.717, 1.165) is 17.9 Å². The molecule has 0 radical (unpaired) electrons. The van der Waals surface area contributed by atoms with Gasteiger partial charge >= 0.3 is 0 Å². The number of pyridine rings is 1. The van der Waals surface area contributed by atoms with Crippen molar-refractivity contribution in [3.63, 3.8) is 0 Å². The molecule has 1 aromatic heterocycles. The van der Waals surface area contributed by atoms with E-state index in [1.165, 1.54) is 5.56 Å². The van der Waals surface area contributed by atoms with Crippen molar-refractivity contribution in [3.8, 4) is 5.75 Å². The van der Waals surface area contributed by atoms with Crippen LogP contribution in [0.5, 0.6) is 5.75 Å². The van der Waals surface area contributed by atoms with Gasteiger partial charge in [-0.25, -0.2) is 0 Å². The fraction of sp³-hybridized carbons (Fsp3) is 0.583. The van der Waals surface area contributed by atoms with Crippen LogP contribution in [0.2, 0.25) is 0 Å². The lowest BCUT2D eigenvalue weighted by Gasteiger charge is -2.15. The Kier molecular flexibility index (Phi) is 4.56. The van der Waals surface area contributed by atoms with Crippen LogP contribution in [0, 0.1) is 0 Å². The molecule has 1 aromatic rings. The number of ether oxygens (including phenoxy) is 2. The van der Waals surface area contributed by atoms with Crippen LogP contribution in [-0.4, -0.2) is 25.8 Å². The molecule has 1 rings (SSSR count). The highest BCUT2D eigenvalue weighted by Crippen LogP contribution is 2.26.